The second kappa shape index (κ2) is 6.82. The van der Waals surface area contributed by atoms with Crippen LogP contribution in [0.25, 0.3) is 0 Å². The van der Waals surface area contributed by atoms with E-state index in [9.17, 15) is 18.0 Å². The maximum absolute atomic E-state index is 13.2. The number of rotatable bonds is 4. The summed E-state index contributed by atoms with van der Waals surface area (Å²) in [5.74, 6) is -0.831. The lowest BCUT2D eigenvalue weighted by Crippen LogP contribution is -2.23. The van der Waals surface area contributed by atoms with Crippen LogP contribution in [0.5, 0.6) is 0 Å². The molecule has 0 aromatic heterocycles. The first-order valence-electron chi connectivity index (χ1n) is 9.01. The molecule has 3 aromatic rings. The van der Waals surface area contributed by atoms with E-state index >= 15 is 0 Å². The molecule has 2 nitrogen and oxygen atoms in total. The average molecular weight is 381 g/mol. The molecule has 1 atom stereocenters. The summed E-state index contributed by atoms with van der Waals surface area (Å²) < 4.78 is 39.7. The first kappa shape index (κ1) is 18.3. The fourth-order valence-electron chi connectivity index (χ4n) is 3.91. The van der Waals surface area contributed by atoms with Crippen molar-refractivity contribution in [3.05, 3.63) is 102 Å². The quantitative estimate of drug-likeness (QED) is 0.622. The minimum Gasteiger partial charge on any atom is -0.325 e. The number of hydrogen-bond donors (Lipinski definition) is 1. The van der Waals surface area contributed by atoms with E-state index in [2.05, 4.69) is 5.32 Å². The molecule has 4 rings (SSSR count). The molecule has 0 heterocycles. The van der Waals surface area contributed by atoms with Crippen LogP contribution in [0.15, 0.2) is 84.9 Å². The minimum absolute atomic E-state index is 0.207. The number of para-hydroxylation sites is 1. The van der Waals surface area contributed by atoms with Crippen molar-refractivity contribution in [1.82, 2.24) is 0 Å². The molecule has 28 heavy (non-hydrogen) atoms. The molecule has 5 heteroatoms. The molecule has 0 radical (unpaired) electrons. The molecule has 0 bridgehead atoms. The van der Waals surface area contributed by atoms with Gasteiger partial charge in [0.05, 0.1) is 17.2 Å². The van der Waals surface area contributed by atoms with E-state index in [-0.39, 0.29) is 5.69 Å². The van der Waals surface area contributed by atoms with Crippen molar-refractivity contribution in [3.63, 3.8) is 0 Å². The smallest absolute Gasteiger partial charge is 0.325 e. The molecular formula is C23H18F3NO. The summed E-state index contributed by atoms with van der Waals surface area (Å²) in [5, 5.41) is 2.51. The summed E-state index contributed by atoms with van der Waals surface area (Å²) >= 11 is 0. The van der Waals surface area contributed by atoms with Crippen molar-refractivity contribution in [2.24, 2.45) is 5.92 Å². The van der Waals surface area contributed by atoms with Crippen molar-refractivity contribution >= 4 is 11.6 Å². The molecule has 1 saturated carbocycles. The van der Waals surface area contributed by atoms with Gasteiger partial charge in [-0.05, 0) is 29.7 Å². The van der Waals surface area contributed by atoms with Crippen LogP contribution in [0.2, 0.25) is 0 Å². The normalized spacial score (nSPS) is 17.8. The monoisotopic (exact) mass is 381 g/mol. The molecule has 1 aliphatic rings. The van der Waals surface area contributed by atoms with Crippen LogP contribution in [0, 0.1) is 5.92 Å². The highest BCUT2D eigenvalue weighted by molar-refractivity contribution is 5.97. The van der Waals surface area contributed by atoms with Gasteiger partial charge in [-0.3, -0.25) is 4.79 Å². The number of benzene rings is 3. The summed E-state index contributed by atoms with van der Waals surface area (Å²) in [5.41, 5.74) is 0.423. The summed E-state index contributed by atoms with van der Waals surface area (Å²) in [6, 6.07) is 24.4. The van der Waals surface area contributed by atoms with Gasteiger partial charge in [0.1, 0.15) is 0 Å². The van der Waals surface area contributed by atoms with Gasteiger partial charge < -0.3 is 5.32 Å². The molecule has 1 amide bonds. The van der Waals surface area contributed by atoms with E-state index in [4.69, 9.17) is 0 Å². The highest BCUT2D eigenvalue weighted by Gasteiger charge is 2.60. The van der Waals surface area contributed by atoms with Crippen LogP contribution in [-0.2, 0) is 16.4 Å². The van der Waals surface area contributed by atoms with Crippen LogP contribution < -0.4 is 5.32 Å². The van der Waals surface area contributed by atoms with Crippen molar-refractivity contribution in [2.75, 3.05) is 5.32 Å². The lowest BCUT2D eigenvalue weighted by Gasteiger charge is -2.19. The van der Waals surface area contributed by atoms with Gasteiger partial charge in [0.2, 0.25) is 5.91 Å². The van der Waals surface area contributed by atoms with Gasteiger partial charge in [-0.2, -0.15) is 13.2 Å². The van der Waals surface area contributed by atoms with Crippen molar-refractivity contribution in [2.45, 2.75) is 18.0 Å². The van der Waals surface area contributed by atoms with Gasteiger partial charge in [0.15, 0.2) is 0 Å². The SMILES string of the molecule is O=C(Nc1ccccc1C(F)(F)F)C1CC1(c1ccccc1)c1ccccc1. The standard InChI is InChI=1S/C23H18F3NO/c24-23(25,26)18-13-7-8-14-20(18)27-21(28)19-15-22(19,16-9-3-1-4-10-16)17-11-5-2-6-12-17/h1-14,19H,15H2,(H,27,28). The van der Waals surface area contributed by atoms with Gasteiger partial charge in [0.25, 0.3) is 0 Å². The predicted octanol–water partition coefficient (Wildman–Crippen LogP) is 5.65. The summed E-state index contributed by atoms with van der Waals surface area (Å²) in [7, 11) is 0. The summed E-state index contributed by atoms with van der Waals surface area (Å²) in [6.07, 6.45) is -3.97. The highest BCUT2D eigenvalue weighted by Crippen LogP contribution is 2.59. The van der Waals surface area contributed by atoms with Crippen molar-refractivity contribution in [1.29, 1.82) is 0 Å². The number of nitrogens with one attached hydrogen (secondary N) is 1. The van der Waals surface area contributed by atoms with Crippen LogP contribution in [-0.4, -0.2) is 5.91 Å². The molecule has 0 aliphatic heterocycles. The predicted molar refractivity (Wildman–Crippen MR) is 102 cm³/mol. The number of halogens is 3. The Labute approximate surface area is 161 Å². The molecule has 142 valence electrons. The van der Waals surface area contributed by atoms with E-state index in [1.165, 1.54) is 18.2 Å². The topological polar surface area (TPSA) is 29.1 Å². The first-order valence-corrected chi connectivity index (χ1v) is 9.01. The molecule has 1 unspecified atom stereocenters. The average Bonchev–Trinajstić information content (AvgIpc) is 3.46. The van der Waals surface area contributed by atoms with Crippen LogP contribution in [0.3, 0.4) is 0 Å². The molecule has 1 fully saturated rings. The van der Waals surface area contributed by atoms with E-state index in [1.54, 1.807) is 0 Å². The Morgan fingerprint density at radius 3 is 1.86 bits per heavy atom. The van der Waals surface area contributed by atoms with Crippen molar-refractivity contribution < 1.29 is 18.0 Å². The second-order valence-electron chi connectivity index (χ2n) is 6.99. The van der Waals surface area contributed by atoms with Gasteiger partial charge in [0, 0.05) is 5.41 Å². The van der Waals surface area contributed by atoms with E-state index in [0.29, 0.717) is 6.42 Å². The Balaban J connectivity index is 1.66. The van der Waals surface area contributed by atoms with Crippen LogP contribution >= 0.6 is 0 Å². The van der Waals surface area contributed by atoms with Crippen LogP contribution in [0.4, 0.5) is 18.9 Å². The Morgan fingerprint density at radius 1 is 0.821 bits per heavy atom. The maximum Gasteiger partial charge on any atom is 0.418 e. The highest BCUT2D eigenvalue weighted by atomic mass is 19.4. The fourth-order valence-corrected chi connectivity index (χ4v) is 3.91. The number of carbonyl (C=O) groups excluding carboxylic acids is 1. The molecule has 1 N–H and O–H groups in total. The van der Waals surface area contributed by atoms with E-state index in [0.717, 1.165) is 17.2 Å². The maximum atomic E-state index is 13.2. The third-order valence-corrected chi connectivity index (χ3v) is 5.35. The second-order valence-corrected chi connectivity index (χ2v) is 6.99. The van der Waals surface area contributed by atoms with Gasteiger partial charge in [-0.25, -0.2) is 0 Å². The van der Waals surface area contributed by atoms with Crippen molar-refractivity contribution in [3.8, 4) is 0 Å². The van der Waals surface area contributed by atoms with E-state index < -0.39 is 29.0 Å². The molecular weight excluding hydrogens is 363 g/mol. The van der Waals surface area contributed by atoms with Crippen LogP contribution in [0.1, 0.15) is 23.1 Å². The lowest BCUT2D eigenvalue weighted by molar-refractivity contribution is -0.137. The van der Waals surface area contributed by atoms with Gasteiger partial charge in [-0.15, -0.1) is 0 Å². The third-order valence-electron chi connectivity index (χ3n) is 5.35. The lowest BCUT2D eigenvalue weighted by atomic mass is 9.85. The largest absolute Gasteiger partial charge is 0.418 e. The summed E-state index contributed by atoms with van der Waals surface area (Å²) in [4.78, 5) is 12.9. The Bertz CT molecular complexity index is 944. The Hall–Kier alpha value is -3.08. The molecule has 1 aliphatic carbocycles. The van der Waals surface area contributed by atoms with E-state index in [1.807, 2.05) is 60.7 Å². The number of alkyl halides is 3. The van der Waals surface area contributed by atoms with Gasteiger partial charge >= 0.3 is 6.18 Å². The van der Waals surface area contributed by atoms with Gasteiger partial charge in [-0.1, -0.05) is 72.8 Å². The first-order chi connectivity index (χ1) is 13.4. The molecule has 0 saturated heterocycles. The Kier molecular flexibility index (Phi) is 4.46. The Morgan fingerprint density at radius 2 is 1.32 bits per heavy atom. The number of hydrogen-bond acceptors (Lipinski definition) is 1. The zero-order valence-electron chi connectivity index (χ0n) is 14.9. The third kappa shape index (κ3) is 3.17. The fraction of sp³-hybridized carbons (Fsp3) is 0.174. The number of anilines is 1. The zero-order chi connectivity index (χ0) is 19.8. The molecule has 3 aromatic carbocycles. The minimum atomic E-state index is -4.52. The number of amides is 1. The zero-order valence-corrected chi connectivity index (χ0v) is 14.9. The molecule has 0 spiro atoms. The summed E-state index contributed by atoms with van der Waals surface area (Å²) in [6.45, 7) is 0. The number of carbonyl (C=O) groups is 1.